The summed E-state index contributed by atoms with van der Waals surface area (Å²) >= 11 is 5.76. The molecule has 0 saturated carbocycles. The molecule has 2 aromatic carbocycles. The maximum atomic E-state index is 12.9. The third kappa shape index (κ3) is 3.93. The zero-order valence-electron chi connectivity index (χ0n) is 9.70. The van der Waals surface area contributed by atoms with E-state index in [4.69, 9.17) is 16.3 Å². The number of anilines is 1. The van der Waals surface area contributed by atoms with Gasteiger partial charge in [-0.2, -0.15) is 0 Å². The van der Waals surface area contributed by atoms with Gasteiger partial charge in [0.25, 0.3) is 0 Å². The van der Waals surface area contributed by atoms with Gasteiger partial charge in [-0.15, -0.1) is 0 Å². The van der Waals surface area contributed by atoms with Crippen LogP contribution in [0.25, 0.3) is 0 Å². The van der Waals surface area contributed by atoms with Gasteiger partial charge in [-0.05, 0) is 42.5 Å². The van der Waals surface area contributed by atoms with E-state index >= 15 is 0 Å². The van der Waals surface area contributed by atoms with Gasteiger partial charge in [-0.1, -0.05) is 17.7 Å². The van der Waals surface area contributed by atoms with Gasteiger partial charge < -0.3 is 10.1 Å². The number of hydrogen-bond donors (Lipinski definition) is 1. The normalized spacial score (nSPS) is 10.1. The van der Waals surface area contributed by atoms with Gasteiger partial charge in [0.1, 0.15) is 18.2 Å². The molecule has 0 amide bonds. The topological polar surface area (TPSA) is 21.3 Å². The summed E-state index contributed by atoms with van der Waals surface area (Å²) in [5.41, 5.74) is 0.745. The second kappa shape index (κ2) is 6.26. The van der Waals surface area contributed by atoms with Crippen molar-refractivity contribution in [3.63, 3.8) is 0 Å². The minimum atomic E-state index is -0.251. The summed E-state index contributed by atoms with van der Waals surface area (Å²) in [5, 5.41) is 3.76. The first-order chi connectivity index (χ1) is 8.74. The van der Waals surface area contributed by atoms with Gasteiger partial charge in [0, 0.05) is 17.3 Å². The maximum Gasteiger partial charge on any atom is 0.125 e. The van der Waals surface area contributed by atoms with Crippen LogP contribution in [0.2, 0.25) is 5.02 Å². The first-order valence-electron chi connectivity index (χ1n) is 5.62. The number of hydrogen-bond acceptors (Lipinski definition) is 2. The van der Waals surface area contributed by atoms with E-state index in [-0.39, 0.29) is 5.82 Å². The van der Waals surface area contributed by atoms with Crippen LogP contribution >= 0.6 is 11.6 Å². The summed E-state index contributed by atoms with van der Waals surface area (Å²) < 4.78 is 18.4. The Morgan fingerprint density at radius 1 is 1.11 bits per heavy atom. The highest BCUT2D eigenvalue weighted by Crippen LogP contribution is 2.15. The van der Waals surface area contributed by atoms with Crippen LogP contribution in [0, 0.1) is 5.82 Å². The molecular weight excluding hydrogens is 253 g/mol. The molecule has 18 heavy (non-hydrogen) atoms. The quantitative estimate of drug-likeness (QED) is 0.826. The lowest BCUT2D eigenvalue weighted by Gasteiger charge is -2.08. The molecule has 0 aliphatic rings. The molecule has 0 aliphatic heterocycles. The van der Waals surface area contributed by atoms with E-state index in [9.17, 15) is 4.39 Å². The van der Waals surface area contributed by atoms with E-state index in [1.54, 1.807) is 18.2 Å². The lowest BCUT2D eigenvalue weighted by Crippen LogP contribution is -2.11. The predicted octanol–water partition coefficient (Wildman–Crippen LogP) is 3.97. The molecule has 0 saturated heterocycles. The second-order valence-electron chi connectivity index (χ2n) is 3.74. The molecular formula is C14H13ClFNO. The van der Waals surface area contributed by atoms with Crippen molar-refractivity contribution < 1.29 is 9.13 Å². The zero-order valence-corrected chi connectivity index (χ0v) is 10.5. The third-order valence-corrected chi connectivity index (χ3v) is 2.59. The van der Waals surface area contributed by atoms with E-state index in [0.29, 0.717) is 18.2 Å². The Hall–Kier alpha value is -1.74. The SMILES string of the molecule is Fc1cccc(NCCOc2ccc(Cl)cc2)c1. The summed E-state index contributed by atoms with van der Waals surface area (Å²) in [4.78, 5) is 0. The van der Waals surface area contributed by atoms with Crippen molar-refractivity contribution in [3.8, 4) is 5.75 Å². The van der Waals surface area contributed by atoms with E-state index in [0.717, 1.165) is 11.4 Å². The number of benzene rings is 2. The molecule has 0 atom stereocenters. The van der Waals surface area contributed by atoms with Gasteiger partial charge in [0.15, 0.2) is 0 Å². The van der Waals surface area contributed by atoms with Crippen molar-refractivity contribution in [1.29, 1.82) is 0 Å². The molecule has 94 valence electrons. The van der Waals surface area contributed by atoms with Crippen LogP contribution < -0.4 is 10.1 Å². The van der Waals surface area contributed by atoms with E-state index in [1.807, 2.05) is 18.2 Å². The molecule has 2 aromatic rings. The Morgan fingerprint density at radius 3 is 2.61 bits per heavy atom. The Balaban J connectivity index is 1.74. The molecule has 0 aliphatic carbocycles. The highest BCUT2D eigenvalue weighted by molar-refractivity contribution is 6.30. The van der Waals surface area contributed by atoms with Crippen LogP contribution in [-0.4, -0.2) is 13.2 Å². The average Bonchev–Trinajstić information content (AvgIpc) is 2.37. The molecule has 0 bridgehead atoms. The first-order valence-corrected chi connectivity index (χ1v) is 6.00. The fourth-order valence-corrected chi connectivity index (χ4v) is 1.62. The monoisotopic (exact) mass is 265 g/mol. The van der Waals surface area contributed by atoms with Crippen LogP contribution in [0.1, 0.15) is 0 Å². The standard InChI is InChI=1S/C14H13ClFNO/c15-11-4-6-14(7-5-11)18-9-8-17-13-3-1-2-12(16)10-13/h1-7,10,17H,8-9H2. The summed E-state index contributed by atoms with van der Waals surface area (Å²) in [6.45, 7) is 1.10. The number of rotatable bonds is 5. The highest BCUT2D eigenvalue weighted by atomic mass is 35.5. The summed E-state index contributed by atoms with van der Waals surface area (Å²) in [6.07, 6.45) is 0. The van der Waals surface area contributed by atoms with Crippen molar-refractivity contribution in [2.45, 2.75) is 0 Å². The summed E-state index contributed by atoms with van der Waals surface area (Å²) in [5.74, 6) is 0.513. The van der Waals surface area contributed by atoms with Gasteiger partial charge >= 0.3 is 0 Å². The van der Waals surface area contributed by atoms with E-state index in [2.05, 4.69) is 5.32 Å². The van der Waals surface area contributed by atoms with Crippen LogP contribution in [-0.2, 0) is 0 Å². The third-order valence-electron chi connectivity index (χ3n) is 2.34. The molecule has 2 rings (SSSR count). The minimum absolute atomic E-state index is 0.251. The number of nitrogens with one attached hydrogen (secondary N) is 1. The molecule has 0 heterocycles. The minimum Gasteiger partial charge on any atom is -0.492 e. The fraction of sp³-hybridized carbons (Fsp3) is 0.143. The molecule has 0 spiro atoms. The van der Waals surface area contributed by atoms with Crippen molar-refractivity contribution in [3.05, 3.63) is 59.4 Å². The summed E-state index contributed by atoms with van der Waals surface area (Å²) in [7, 11) is 0. The Labute approximate surface area is 110 Å². The number of ether oxygens (including phenoxy) is 1. The average molecular weight is 266 g/mol. The van der Waals surface area contributed by atoms with Crippen molar-refractivity contribution in [1.82, 2.24) is 0 Å². The molecule has 0 aromatic heterocycles. The van der Waals surface area contributed by atoms with Gasteiger partial charge in [0.2, 0.25) is 0 Å². The van der Waals surface area contributed by atoms with Crippen LogP contribution in [0.4, 0.5) is 10.1 Å². The van der Waals surface area contributed by atoms with Gasteiger partial charge in [-0.25, -0.2) is 4.39 Å². The Morgan fingerprint density at radius 2 is 1.89 bits per heavy atom. The Bertz CT molecular complexity index is 501. The zero-order chi connectivity index (χ0) is 12.8. The second-order valence-corrected chi connectivity index (χ2v) is 4.18. The van der Waals surface area contributed by atoms with Crippen molar-refractivity contribution in [2.75, 3.05) is 18.5 Å². The largest absolute Gasteiger partial charge is 0.492 e. The molecule has 0 fully saturated rings. The number of halogens is 2. The molecule has 0 unspecified atom stereocenters. The lowest BCUT2D eigenvalue weighted by atomic mass is 10.3. The Kier molecular flexibility index (Phi) is 4.42. The fourth-order valence-electron chi connectivity index (χ4n) is 1.49. The molecule has 2 nitrogen and oxygen atoms in total. The molecule has 4 heteroatoms. The smallest absolute Gasteiger partial charge is 0.125 e. The van der Waals surface area contributed by atoms with E-state index in [1.165, 1.54) is 12.1 Å². The van der Waals surface area contributed by atoms with Gasteiger partial charge in [0.05, 0.1) is 0 Å². The molecule has 1 N–H and O–H groups in total. The van der Waals surface area contributed by atoms with E-state index < -0.39 is 0 Å². The predicted molar refractivity (Wildman–Crippen MR) is 71.8 cm³/mol. The van der Waals surface area contributed by atoms with Crippen LogP contribution in [0.15, 0.2) is 48.5 Å². The maximum absolute atomic E-state index is 12.9. The van der Waals surface area contributed by atoms with Crippen molar-refractivity contribution in [2.24, 2.45) is 0 Å². The molecule has 0 radical (unpaired) electrons. The highest BCUT2D eigenvalue weighted by Gasteiger charge is 1.96. The lowest BCUT2D eigenvalue weighted by molar-refractivity contribution is 0.333. The first kappa shape index (κ1) is 12.7. The van der Waals surface area contributed by atoms with Gasteiger partial charge in [-0.3, -0.25) is 0 Å². The summed E-state index contributed by atoms with van der Waals surface area (Å²) in [6, 6.07) is 13.5. The van der Waals surface area contributed by atoms with Crippen LogP contribution in [0.5, 0.6) is 5.75 Å². The van der Waals surface area contributed by atoms with Crippen LogP contribution in [0.3, 0.4) is 0 Å². The van der Waals surface area contributed by atoms with Crippen molar-refractivity contribution >= 4 is 17.3 Å².